The molecular formula is C17H20BrN3O3. The SMILES string of the molecule is CCC(CC)(CNC(=O)c1[nH]nc(-c2ccccc2)c1Br)C(=O)O. The van der Waals surface area contributed by atoms with Gasteiger partial charge in [0.1, 0.15) is 11.4 Å². The van der Waals surface area contributed by atoms with E-state index >= 15 is 0 Å². The maximum Gasteiger partial charge on any atom is 0.311 e. The van der Waals surface area contributed by atoms with Crippen LogP contribution < -0.4 is 5.32 Å². The first-order chi connectivity index (χ1) is 11.4. The van der Waals surface area contributed by atoms with Gasteiger partial charge in [0.15, 0.2) is 0 Å². The van der Waals surface area contributed by atoms with Gasteiger partial charge in [0.2, 0.25) is 0 Å². The number of hydrogen-bond acceptors (Lipinski definition) is 3. The standard InChI is InChI=1S/C17H20BrN3O3/c1-3-17(4-2,16(23)24)10-19-15(22)14-12(18)13(20-21-14)11-8-6-5-7-9-11/h5-9H,3-4,10H2,1-2H3,(H,19,22)(H,20,21)(H,23,24). The number of benzene rings is 1. The van der Waals surface area contributed by atoms with Crippen molar-refractivity contribution in [3.63, 3.8) is 0 Å². The van der Waals surface area contributed by atoms with E-state index in [4.69, 9.17) is 0 Å². The topological polar surface area (TPSA) is 95.1 Å². The van der Waals surface area contributed by atoms with Crippen molar-refractivity contribution >= 4 is 27.8 Å². The number of amides is 1. The number of nitrogens with one attached hydrogen (secondary N) is 2. The second-order valence-corrected chi connectivity index (χ2v) is 6.40. The molecule has 1 aromatic heterocycles. The van der Waals surface area contributed by atoms with Crippen molar-refractivity contribution in [1.29, 1.82) is 0 Å². The number of carbonyl (C=O) groups excluding carboxylic acids is 1. The summed E-state index contributed by atoms with van der Waals surface area (Å²) in [6.45, 7) is 3.69. The summed E-state index contributed by atoms with van der Waals surface area (Å²) in [7, 11) is 0. The highest BCUT2D eigenvalue weighted by Crippen LogP contribution is 2.29. The maximum absolute atomic E-state index is 12.4. The number of aliphatic carboxylic acids is 1. The van der Waals surface area contributed by atoms with Gasteiger partial charge < -0.3 is 10.4 Å². The van der Waals surface area contributed by atoms with Gasteiger partial charge in [0.25, 0.3) is 5.91 Å². The first-order valence-electron chi connectivity index (χ1n) is 7.76. The van der Waals surface area contributed by atoms with Crippen LogP contribution in [0.4, 0.5) is 0 Å². The highest BCUT2D eigenvalue weighted by atomic mass is 79.9. The Morgan fingerprint density at radius 2 is 1.88 bits per heavy atom. The van der Waals surface area contributed by atoms with Crippen LogP contribution in [0.25, 0.3) is 11.3 Å². The maximum atomic E-state index is 12.4. The van der Waals surface area contributed by atoms with E-state index in [0.29, 0.717) is 23.0 Å². The lowest BCUT2D eigenvalue weighted by Crippen LogP contribution is -2.42. The van der Waals surface area contributed by atoms with Gasteiger partial charge in [0, 0.05) is 12.1 Å². The largest absolute Gasteiger partial charge is 0.481 e. The van der Waals surface area contributed by atoms with Crippen molar-refractivity contribution in [2.24, 2.45) is 5.41 Å². The molecule has 1 heterocycles. The van der Waals surface area contributed by atoms with Crippen molar-refractivity contribution < 1.29 is 14.7 Å². The summed E-state index contributed by atoms with van der Waals surface area (Å²) in [6, 6.07) is 9.47. The van der Waals surface area contributed by atoms with E-state index in [1.807, 2.05) is 44.2 Å². The second-order valence-electron chi connectivity index (χ2n) is 5.60. The van der Waals surface area contributed by atoms with E-state index in [1.54, 1.807) is 0 Å². The average molecular weight is 394 g/mol. The van der Waals surface area contributed by atoms with Crippen molar-refractivity contribution in [2.75, 3.05) is 6.54 Å². The Balaban J connectivity index is 2.17. The fraction of sp³-hybridized carbons (Fsp3) is 0.353. The second kappa shape index (κ2) is 7.61. The van der Waals surface area contributed by atoms with E-state index in [9.17, 15) is 14.7 Å². The summed E-state index contributed by atoms with van der Waals surface area (Å²) < 4.78 is 0.556. The number of carboxylic acid groups (broad SMARTS) is 1. The molecule has 0 spiro atoms. The molecule has 1 aromatic carbocycles. The number of nitrogens with zero attached hydrogens (tertiary/aromatic N) is 1. The molecule has 2 aromatic rings. The van der Waals surface area contributed by atoms with Gasteiger partial charge >= 0.3 is 5.97 Å². The van der Waals surface area contributed by atoms with E-state index in [0.717, 1.165) is 5.56 Å². The van der Waals surface area contributed by atoms with Crippen LogP contribution in [0.5, 0.6) is 0 Å². The Hall–Kier alpha value is -2.15. The van der Waals surface area contributed by atoms with Crippen molar-refractivity contribution in [1.82, 2.24) is 15.5 Å². The van der Waals surface area contributed by atoms with Gasteiger partial charge in [-0.05, 0) is 28.8 Å². The molecule has 3 N–H and O–H groups in total. The molecule has 0 saturated heterocycles. The summed E-state index contributed by atoms with van der Waals surface area (Å²) in [5.41, 5.74) is 0.836. The molecule has 1 amide bonds. The van der Waals surface area contributed by atoms with Gasteiger partial charge in [-0.25, -0.2) is 0 Å². The first kappa shape index (κ1) is 18.2. The zero-order chi connectivity index (χ0) is 17.7. The fourth-order valence-electron chi connectivity index (χ4n) is 2.48. The van der Waals surface area contributed by atoms with Gasteiger partial charge in [0.05, 0.1) is 9.89 Å². The summed E-state index contributed by atoms with van der Waals surface area (Å²) in [5.74, 6) is -1.29. The Kier molecular flexibility index (Phi) is 5.77. The van der Waals surface area contributed by atoms with Crippen LogP contribution in [0.2, 0.25) is 0 Å². The highest BCUT2D eigenvalue weighted by Gasteiger charge is 2.35. The van der Waals surface area contributed by atoms with Gasteiger partial charge in [-0.1, -0.05) is 44.2 Å². The third-order valence-electron chi connectivity index (χ3n) is 4.38. The molecule has 0 aliphatic rings. The van der Waals surface area contributed by atoms with Gasteiger partial charge in [-0.3, -0.25) is 14.7 Å². The zero-order valence-electron chi connectivity index (χ0n) is 13.6. The lowest BCUT2D eigenvalue weighted by molar-refractivity contribution is -0.149. The molecule has 2 rings (SSSR count). The minimum atomic E-state index is -0.954. The molecule has 7 heteroatoms. The molecule has 0 radical (unpaired) electrons. The lowest BCUT2D eigenvalue weighted by Gasteiger charge is -2.26. The number of carbonyl (C=O) groups is 2. The van der Waals surface area contributed by atoms with Crippen molar-refractivity contribution in [2.45, 2.75) is 26.7 Å². The Morgan fingerprint density at radius 3 is 2.42 bits per heavy atom. The minimum Gasteiger partial charge on any atom is -0.481 e. The van der Waals surface area contributed by atoms with Crippen molar-refractivity contribution in [3.8, 4) is 11.3 Å². The number of rotatable bonds is 7. The van der Waals surface area contributed by atoms with Crippen LogP contribution in [-0.2, 0) is 4.79 Å². The lowest BCUT2D eigenvalue weighted by atomic mass is 9.82. The third kappa shape index (κ3) is 3.51. The third-order valence-corrected chi connectivity index (χ3v) is 5.15. The van der Waals surface area contributed by atoms with Gasteiger partial charge in [-0.2, -0.15) is 5.10 Å². The molecule has 128 valence electrons. The molecule has 24 heavy (non-hydrogen) atoms. The Bertz CT molecular complexity index is 724. The molecule has 0 saturated carbocycles. The monoisotopic (exact) mass is 393 g/mol. The normalized spacial score (nSPS) is 11.3. The number of hydrogen-bond donors (Lipinski definition) is 3. The molecule has 0 aliphatic carbocycles. The number of carboxylic acids is 1. The predicted octanol–water partition coefficient (Wildman–Crippen LogP) is 3.46. The number of aromatic amines is 1. The Labute approximate surface area is 148 Å². The smallest absolute Gasteiger partial charge is 0.311 e. The van der Waals surface area contributed by atoms with Gasteiger partial charge in [-0.15, -0.1) is 0 Å². The van der Waals surface area contributed by atoms with E-state index in [1.165, 1.54) is 0 Å². The highest BCUT2D eigenvalue weighted by molar-refractivity contribution is 9.10. The van der Waals surface area contributed by atoms with Crippen LogP contribution in [0.1, 0.15) is 37.2 Å². The van der Waals surface area contributed by atoms with E-state index in [2.05, 4.69) is 31.4 Å². The van der Waals surface area contributed by atoms with E-state index < -0.39 is 11.4 Å². The summed E-state index contributed by atoms with van der Waals surface area (Å²) in [6.07, 6.45) is 0.886. The number of H-pyrrole nitrogens is 1. The predicted molar refractivity (Wildman–Crippen MR) is 94.7 cm³/mol. The number of halogens is 1. The number of aromatic nitrogens is 2. The van der Waals surface area contributed by atoms with Crippen LogP contribution in [0, 0.1) is 5.41 Å². The zero-order valence-corrected chi connectivity index (χ0v) is 15.2. The molecular weight excluding hydrogens is 374 g/mol. The van der Waals surface area contributed by atoms with E-state index in [-0.39, 0.29) is 18.1 Å². The summed E-state index contributed by atoms with van der Waals surface area (Å²) in [4.78, 5) is 23.9. The quantitative estimate of drug-likeness (QED) is 0.670. The van der Waals surface area contributed by atoms with Crippen molar-refractivity contribution in [3.05, 3.63) is 40.5 Å². The van der Waals surface area contributed by atoms with Crippen LogP contribution in [0.15, 0.2) is 34.8 Å². The fourth-order valence-corrected chi connectivity index (χ4v) is 3.07. The average Bonchev–Trinajstić information content (AvgIpc) is 2.98. The molecule has 0 fully saturated rings. The molecule has 0 atom stereocenters. The van der Waals surface area contributed by atoms with Crippen LogP contribution in [0.3, 0.4) is 0 Å². The Morgan fingerprint density at radius 1 is 1.25 bits per heavy atom. The van der Waals surface area contributed by atoms with Crippen LogP contribution in [-0.4, -0.2) is 33.7 Å². The summed E-state index contributed by atoms with van der Waals surface area (Å²) >= 11 is 3.40. The summed E-state index contributed by atoms with van der Waals surface area (Å²) in [5, 5.41) is 19.0. The molecule has 0 aliphatic heterocycles. The minimum absolute atomic E-state index is 0.0697. The molecule has 6 nitrogen and oxygen atoms in total. The van der Waals surface area contributed by atoms with Crippen LogP contribution >= 0.6 is 15.9 Å². The molecule has 0 unspecified atom stereocenters. The first-order valence-corrected chi connectivity index (χ1v) is 8.55. The molecule has 0 bridgehead atoms.